The third-order valence-electron chi connectivity index (χ3n) is 1.93. The first-order valence-electron chi connectivity index (χ1n) is 5.36. The average Bonchev–Trinajstić information content (AvgIpc) is 2.25. The fourth-order valence-corrected chi connectivity index (χ4v) is 1.21. The van der Waals surface area contributed by atoms with E-state index in [1.807, 2.05) is 0 Å². The summed E-state index contributed by atoms with van der Waals surface area (Å²) >= 11 is 0. The summed E-state index contributed by atoms with van der Waals surface area (Å²) in [5, 5.41) is 8.50. The lowest BCUT2D eigenvalue weighted by atomic mass is 10.2. The SMILES string of the molecule is CC(C)Oc1nc(C(F)(F)F)ccc1/C=C/C(=O)O. The molecular formula is C12H12F3NO3. The van der Waals surface area contributed by atoms with Crippen molar-refractivity contribution in [1.82, 2.24) is 4.98 Å². The van der Waals surface area contributed by atoms with Crippen molar-refractivity contribution in [2.45, 2.75) is 26.1 Å². The molecule has 0 unspecified atom stereocenters. The molecule has 0 aromatic carbocycles. The number of aliphatic carboxylic acids is 1. The summed E-state index contributed by atoms with van der Waals surface area (Å²) in [4.78, 5) is 13.8. The Kier molecular flexibility index (Phi) is 4.52. The second-order valence-corrected chi connectivity index (χ2v) is 3.93. The number of hydrogen-bond acceptors (Lipinski definition) is 3. The summed E-state index contributed by atoms with van der Waals surface area (Å²) in [6, 6.07) is 1.89. The van der Waals surface area contributed by atoms with Crippen molar-refractivity contribution in [3.8, 4) is 5.88 Å². The van der Waals surface area contributed by atoms with Crippen molar-refractivity contribution >= 4 is 12.0 Å². The van der Waals surface area contributed by atoms with E-state index in [4.69, 9.17) is 9.84 Å². The summed E-state index contributed by atoms with van der Waals surface area (Å²) in [7, 11) is 0. The van der Waals surface area contributed by atoms with Gasteiger partial charge in [0.05, 0.1) is 6.10 Å². The highest BCUT2D eigenvalue weighted by atomic mass is 19.4. The van der Waals surface area contributed by atoms with Crippen molar-refractivity contribution < 1.29 is 27.8 Å². The summed E-state index contributed by atoms with van der Waals surface area (Å²) in [6.45, 7) is 3.26. The lowest BCUT2D eigenvalue weighted by molar-refractivity contribution is -0.141. The normalized spacial score (nSPS) is 12.1. The topological polar surface area (TPSA) is 59.4 Å². The van der Waals surface area contributed by atoms with Gasteiger partial charge in [0.1, 0.15) is 5.69 Å². The number of carboxylic acids is 1. The van der Waals surface area contributed by atoms with Crippen LogP contribution in [0.1, 0.15) is 25.1 Å². The van der Waals surface area contributed by atoms with Crippen LogP contribution in [0.3, 0.4) is 0 Å². The molecule has 1 heterocycles. The van der Waals surface area contributed by atoms with Crippen LogP contribution in [-0.2, 0) is 11.0 Å². The molecule has 0 saturated carbocycles. The van der Waals surface area contributed by atoms with Crippen molar-refractivity contribution in [3.63, 3.8) is 0 Å². The molecule has 0 aliphatic heterocycles. The number of aromatic nitrogens is 1. The van der Waals surface area contributed by atoms with Crippen molar-refractivity contribution in [1.29, 1.82) is 0 Å². The van der Waals surface area contributed by atoms with Crippen LogP contribution in [0.25, 0.3) is 6.08 Å². The van der Waals surface area contributed by atoms with Crippen LogP contribution >= 0.6 is 0 Å². The van der Waals surface area contributed by atoms with Gasteiger partial charge in [0, 0.05) is 11.6 Å². The highest BCUT2D eigenvalue weighted by molar-refractivity contribution is 5.85. The van der Waals surface area contributed by atoms with Crippen LogP contribution in [0, 0.1) is 0 Å². The van der Waals surface area contributed by atoms with Gasteiger partial charge in [0.2, 0.25) is 5.88 Å². The summed E-state index contributed by atoms with van der Waals surface area (Å²) in [5.74, 6) is -1.46. The van der Waals surface area contributed by atoms with E-state index in [2.05, 4.69) is 4.98 Å². The van der Waals surface area contributed by atoms with E-state index in [1.54, 1.807) is 13.8 Å². The molecule has 0 aliphatic carbocycles. The first-order valence-corrected chi connectivity index (χ1v) is 5.36. The predicted molar refractivity (Wildman–Crippen MR) is 61.7 cm³/mol. The highest BCUT2D eigenvalue weighted by Crippen LogP contribution is 2.30. The van der Waals surface area contributed by atoms with E-state index in [9.17, 15) is 18.0 Å². The van der Waals surface area contributed by atoms with Crippen LogP contribution in [-0.4, -0.2) is 22.2 Å². The molecule has 0 saturated heterocycles. The molecule has 0 atom stereocenters. The number of ether oxygens (including phenoxy) is 1. The minimum absolute atomic E-state index is 0.170. The molecule has 7 heteroatoms. The molecule has 19 heavy (non-hydrogen) atoms. The van der Waals surface area contributed by atoms with Crippen molar-refractivity contribution in [2.75, 3.05) is 0 Å². The number of carboxylic acid groups (broad SMARTS) is 1. The maximum atomic E-state index is 12.5. The van der Waals surface area contributed by atoms with Gasteiger partial charge in [0.25, 0.3) is 0 Å². The number of halogens is 3. The summed E-state index contributed by atoms with van der Waals surface area (Å²) in [5.41, 5.74) is -0.917. The molecule has 0 amide bonds. The molecule has 1 N–H and O–H groups in total. The Balaban J connectivity index is 3.20. The molecule has 0 aliphatic rings. The highest BCUT2D eigenvalue weighted by Gasteiger charge is 2.33. The Bertz CT molecular complexity index is 495. The molecule has 4 nitrogen and oxygen atoms in total. The van der Waals surface area contributed by atoms with E-state index in [1.165, 1.54) is 0 Å². The second kappa shape index (κ2) is 5.73. The standard InChI is InChI=1S/C12H12F3NO3/c1-7(2)19-11-8(4-6-10(17)18)3-5-9(16-11)12(13,14)15/h3-7H,1-2H3,(H,17,18)/b6-4+. The van der Waals surface area contributed by atoms with E-state index >= 15 is 0 Å². The lowest BCUT2D eigenvalue weighted by Gasteiger charge is -2.13. The van der Waals surface area contributed by atoms with E-state index in [0.717, 1.165) is 24.3 Å². The van der Waals surface area contributed by atoms with Gasteiger partial charge in [-0.3, -0.25) is 0 Å². The zero-order chi connectivity index (χ0) is 14.6. The molecule has 0 radical (unpaired) electrons. The van der Waals surface area contributed by atoms with E-state index in [-0.39, 0.29) is 17.5 Å². The largest absolute Gasteiger partial charge is 0.478 e. The van der Waals surface area contributed by atoms with Gasteiger partial charge in [-0.2, -0.15) is 13.2 Å². The summed E-state index contributed by atoms with van der Waals surface area (Å²) in [6.07, 6.45) is -3.03. The van der Waals surface area contributed by atoms with Crippen LogP contribution < -0.4 is 4.74 Å². The number of alkyl halides is 3. The number of rotatable bonds is 4. The third kappa shape index (κ3) is 4.61. The van der Waals surface area contributed by atoms with Gasteiger partial charge < -0.3 is 9.84 Å². The van der Waals surface area contributed by atoms with Crippen LogP contribution in [0.15, 0.2) is 18.2 Å². The third-order valence-corrected chi connectivity index (χ3v) is 1.93. The monoisotopic (exact) mass is 275 g/mol. The molecule has 0 spiro atoms. The number of carbonyl (C=O) groups is 1. The maximum absolute atomic E-state index is 12.5. The Morgan fingerprint density at radius 2 is 2.05 bits per heavy atom. The van der Waals surface area contributed by atoms with Crippen molar-refractivity contribution in [2.24, 2.45) is 0 Å². The van der Waals surface area contributed by atoms with Crippen molar-refractivity contribution in [3.05, 3.63) is 29.5 Å². The lowest BCUT2D eigenvalue weighted by Crippen LogP contribution is -2.13. The first-order chi connectivity index (χ1) is 8.70. The fraction of sp³-hybridized carbons (Fsp3) is 0.333. The maximum Gasteiger partial charge on any atom is 0.433 e. The average molecular weight is 275 g/mol. The Morgan fingerprint density at radius 1 is 1.42 bits per heavy atom. The molecule has 0 fully saturated rings. The number of pyridine rings is 1. The fourth-order valence-electron chi connectivity index (χ4n) is 1.21. The molecule has 104 valence electrons. The van der Waals surface area contributed by atoms with E-state index < -0.39 is 17.8 Å². The molecule has 1 aromatic heterocycles. The van der Waals surface area contributed by atoms with Gasteiger partial charge >= 0.3 is 12.1 Å². The Labute approximate surface area is 107 Å². The predicted octanol–water partition coefficient (Wildman–Crippen LogP) is 2.99. The zero-order valence-electron chi connectivity index (χ0n) is 10.2. The first kappa shape index (κ1) is 15.0. The zero-order valence-corrected chi connectivity index (χ0v) is 10.2. The van der Waals surface area contributed by atoms with Gasteiger partial charge in [-0.1, -0.05) is 0 Å². The molecule has 0 bridgehead atoms. The Hall–Kier alpha value is -2.05. The molecule has 1 rings (SSSR count). The Morgan fingerprint density at radius 3 is 2.53 bits per heavy atom. The van der Waals surface area contributed by atoms with Crippen LogP contribution in [0.4, 0.5) is 13.2 Å². The summed E-state index contributed by atoms with van der Waals surface area (Å²) < 4.78 is 42.7. The van der Waals surface area contributed by atoms with Gasteiger partial charge in [0.15, 0.2) is 0 Å². The number of hydrogen-bond donors (Lipinski definition) is 1. The van der Waals surface area contributed by atoms with Gasteiger partial charge in [-0.15, -0.1) is 0 Å². The minimum Gasteiger partial charge on any atom is -0.478 e. The van der Waals surface area contributed by atoms with Gasteiger partial charge in [-0.05, 0) is 32.1 Å². The van der Waals surface area contributed by atoms with E-state index in [0.29, 0.717) is 0 Å². The smallest absolute Gasteiger partial charge is 0.433 e. The van der Waals surface area contributed by atoms with Crippen LogP contribution in [0.2, 0.25) is 0 Å². The number of nitrogens with zero attached hydrogens (tertiary/aromatic N) is 1. The minimum atomic E-state index is -4.58. The van der Waals surface area contributed by atoms with Gasteiger partial charge in [-0.25, -0.2) is 9.78 Å². The quantitative estimate of drug-likeness (QED) is 0.858. The van der Waals surface area contributed by atoms with Crippen LogP contribution in [0.5, 0.6) is 5.88 Å². The molecule has 1 aromatic rings. The molecular weight excluding hydrogens is 263 g/mol. The second-order valence-electron chi connectivity index (χ2n) is 3.93.